The second kappa shape index (κ2) is 8.70. The second-order valence-corrected chi connectivity index (χ2v) is 6.97. The lowest BCUT2D eigenvalue weighted by Crippen LogP contribution is -2.22. The van der Waals surface area contributed by atoms with Gasteiger partial charge >= 0.3 is 0 Å². The fraction of sp³-hybridized carbons (Fsp3) is 0.100. The molecule has 1 aromatic heterocycles. The number of hydrogen-bond acceptors (Lipinski definition) is 3. The molecule has 0 radical (unpaired) electrons. The number of thioether (sulfide) groups is 1. The summed E-state index contributed by atoms with van der Waals surface area (Å²) in [6.45, 7) is 0.473. The molecule has 0 saturated carbocycles. The number of amides is 1. The molecule has 0 aliphatic rings. The predicted octanol–water partition coefficient (Wildman–Crippen LogP) is 4.96. The topological polar surface area (TPSA) is 42.0 Å². The summed E-state index contributed by atoms with van der Waals surface area (Å²) in [5.41, 5.74) is 2.81. The van der Waals surface area contributed by atoms with Crippen molar-refractivity contribution in [2.45, 2.75) is 17.2 Å². The number of nitrogens with one attached hydrogen (secondary N) is 1. The summed E-state index contributed by atoms with van der Waals surface area (Å²) in [5.74, 6) is 0.764. The van der Waals surface area contributed by atoms with Gasteiger partial charge in [-0.2, -0.15) is 0 Å². The van der Waals surface area contributed by atoms with Crippen molar-refractivity contribution in [2.24, 2.45) is 0 Å². The first-order valence-electron chi connectivity index (χ1n) is 7.85. The van der Waals surface area contributed by atoms with E-state index in [1.165, 1.54) is 10.5 Å². The molecule has 3 aromatic rings. The first-order chi connectivity index (χ1) is 12.2. The highest BCUT2D eigenvalue weighted by molar-refractivity contribution is 7.98. The standard InChI is InChI=1S/C20H17ClN2OS/c21-18-7-9-19(10-8-18)25-14-15-3-5-17(6-4-15)20(24)23-13-16-2-1-11-22-12-16/h1-12H,13-14H2,(H,23,24). The van der Waals surface area contributed by atoms with E-state index in [0.29, 0.717) is 12.1 Å². The molecule has 0 spiro atoms. The van der Waals surface area contributed by atoms with Crippen LogP contribution in [0.15, 0.2) is 78.0 Å². The van der Waals surface area contributed by atoms with Gasteiger partial charge in [-0.1, -0.05) is 29.8 Å². The molecular weight excluding hydrogens is 352 g/mol. The summed E-state index contributed by atoms with van der Waals surface area (Å²) in [6, 6.07) is 19.3. The van der Waals surface area contributed by atoms with Crippen LogP contribution in [0.4, 0.5) is 0 Å². The number of rotatable bonds is 6. The van der Waals surface area contributed by atoms with Crippen LogP contribution < -0.4 is 5.32 Å². The highest BCUT2D eigenvalue weighted by atomic mass is 35.5. The Hall–Kier alpha value is -2.30. The lowest BCUT2D eigenvalue weighted by atomic mass is 10.1. The molecule has 1 N–H and O–H groups in total. The van der Waals surface area contributed by atoms with Crippen molar-refractivity contribution >= 4 is 29.3 Å². The van der Waals surface area contributed by atoms with Crippen molar-refractivity contribution in [2.75, 3.05) is 0 Å². The van der Waals surface area contributed by atoms with E-state index in [0.717, 1.165) is 16.3 Å². The number of aromatic nitrogens is 1. The van der Waals surface area contributed by atoms with Gasteiger partial charge in [0.1, 0.15) is 0 Å². The number of pyridine rings is 1. The maximum absolute atomic E-state index is 12.2. The van der Waals surface area contributed by atoms with E-state index in [-0.39, 0.29) is 5.91 Å². The minimum atomic E-state index is -0.0826. The quantitative estimate of drug-likeness (QED) is 0.625. The van der Waals surface area contributed by atoms with Gasteiger partial charge in [-0.05, 0) is 53.6 Å². The second-order valence-electron chi connectivity index (χ2n) is 5.48. The molecule has 0 atom stereocenters. The average Bonchev–Trinajstić information content (AvgIpc) is 2.67. The number of benzene rings is 2. The molecule has 3 nitrogen and oxygen atoms in total. The Kier molecular flexibility index (Phi) is 6.09. The summed E-state index contributed by atoms with van der Waals surface area (Å²) >= 11 is 7.63. The minimum absolute atomic E-state index is 0.0826. The Balaban J connectivity index is 1.52. The molecule has 0 aliphatic carbocycles. The molecular formula is C20H17ClN2OS. The van der Waals surface area contributed by atoms with E-state index in [1.807, 2.05) is 60.7 Å². The summed E-state index contributed by atoms with van der Waals surface area (Å²) in [4.78, 5) is 17.4. The Morgan fingerprint density at radius 1 is 1.00 bits per heavy atom. The van der Waals surface area contributed by atoms with Crippen molar-refractivity contribution in [3.05, 3.63) is 94.8 Å². The first kappa shape index (κ1) is 17.5. The zero-order chi connectivity index (χ0) is 17.5. The minimum Gasteiger partial charge on any atom is -0.348 e. The van der Waals surface area contributed by atoms with Crippen LogP contribution in [0.5, 0.6) is 0 Å². The average molecular weight is 369 g/mol. The first-order valence-corrected chi connectivity index (χ1v) is 9.21. The molecule has 1 heterocycles. The van der Waals surface area contributed by atoms with Gasteiger partial charge in [-0.15, -0.1) is 11.8 Å². The Morgan fingerprint density at radius 2 is 1.76 bits per heavy atom. The van der Waals surface area contributed by atoms with E-state index in [1.54, 1.807) is 24.2 Å². The molecule has 0 unspecified atom stereocenters. The number of nitrogens with zero attached hydrogens (tertiary/aromatic N) is 1. The molecule has 0 aliphatic heterocycles. The largest absolute Gasteiger partial charge is 0.348 e. The van der Waals surface area contributed by atoms with Crippen LogP contribution in [0.25, 0.3) is 0 Å². The fourth-order valence-electron chi connectivity index (χ4n) is 2.24. The van der Waals surface area contributed by atoms with Gasteiger partial charge in [-0.3, -0.25) is 9.78 Å². The molecule has 126 valence electrons. The van der Waals surface area contributed by atoms with Crippen LogP contribution in [0.2, 0.25) is 5.02 Å². The van der Waals surface area contributed by atoms with Crippen LogP contribution in [0.1, 0.15) is 21.5 Å². The van der Waals surface area contributed by atoms with Crippen molar-refractivity contribution in [3.63, 3.8) is 0 Å². The molecule has 2 aromatic carbocycles. The van der Waals surface area contributed by atoms with Gasteiger partial charge in [0.2, 0.25) is 0 Å². The molecule has 0 bridgehead atoms. The maximum Gasteiger partial charge on any atom is 0.251 e. The van der Waals surface area contributed by atoms with Gasteiger partial charge in [0.25, 0.3) is 5.91 Å². The predicted molar refractivity (Wildman–Crippen MR) is 103 cm³/mol. The summed E-state index contributed by atoms with van der Waals surface area (Å²) in [7, 11) is 0. The zero-order valence-electron chi connectivity index (χ0n) is 13.5. The van der Waals surface area contributed by atoms with Crippen molar-refractivity contribution in [1.29, 1.82) is 0 Å². The smallest absolute Gasteiger partial charge is 0.251 e. The molecule has 0 saturated heterocycles. The number of hydrogen-bond donors (Lipinski definition) is 1. The van der Waals surface area contributed by atoms with Crippen LogP contribution in [-0.2, 0) is 12.3 Å². The number of halogens is 1. The SMILES string of the molecule is O=C(NCc1cccnc1)c1ccc(CSc2ccc(Cl)cc2)cc1. The summed E-state index contributed by atoms with van der Waals surface area (Å²) < 4.78 is 0. The lowest BCUT2D eigenvalue weighted by Gasteiger charge is -2.06. The fourth-order valence-corrected chi connectivity index (χ4v) is 3.22. The maximum atomic E-state index is 12.2. The molecule has 1 amide bonds. The highest BCUT2D eigenvalue weighted by Crippen LogP contribution is 2.24. The van der Waals surface area contributed by atoms with E-state index < -0.39 is 0 Å². The van der Waals surface area contributed by atoms with Crippen molar-refractivity contribution in [1.82, 2.24) is 10.3 Å². The molecule has 0 fully saturated rings. The lowest BCUT2D eigenvalue weighted by molar-refractivity contribution is 0.0951. The van der Waals surface area contributed by atoms with E-state index in [4.69, 9.17) is 11.6 Å². The molecule has 5 heteroatoms. The normalized spacial score (nSPS) is 10.4. The molecule has 25 heavy (non-hydrogen) atoms. The van der Waals surface area contributed by atoms with E-state index >= 15 is 0 Å². The van der Waals surface area contributed by atoms with Crippen molar-refractivity contribution in [3.8, 4) is 0 Å². The van der Waals surface area contributed by atoms with Crippen LogP contribution in [0.3, 0.4) is 0 Å². The third-order valence-electron chi connectivity index (χ3n) is 3.61. The van der Waals surface area contributed by atoms with Gasteiger partial charge in [-0.25, -0.2) is 0 Å². The third-order valence-corrected chi connectivity index (χ3v) is 4.95. The summed E-state index contributed by atoms with van der Waals surface area (Å²) in [5, 5.41) is 3.64. The van der Waals surface area contributed by atoms with Crippen LogP contribution in [-0.4, -0.2) is 10.9 Å². The zero-order valence-corrected chi connectivity index (χ0v) is 15.1. The van der Waals surface area contributed by atoms with Gasteiger partial charge in [0, 0.05) is 40.2 Å². The third kappa shape index (κ3) is 5.34. The van der Waals surface area contributed by atoms with Crippen LogP contribution in [0, 0.1) is 0 Å². The number of carbonyl (C=O) groups excluding carboxylic acids is 1. The summed E-state index contributed by atoms with van der Waals surface area (Å²) in [6.07, 6.45) is 3.46. The monoisotopic (exact) mass is 368 g/mol. The number of carbonyl (C=O) groups is 1. The highest BCUT2D eigenvalue weighted by Gasteiger charge is 2.05. The Labute approximate surface area is 156 Å². The van der Waals surface area contributed by atoms with Crippen molar-refractivity contribution < 1.29 is 4.79 Å². The Bertz CT molecular complexity index is 821. The van der Waals surface area contributed by atoms with Crippen LogP contribution >= 0.6 is 23.4 Å². The van der Waals surface area contributed by atoms with E-state index in [2.05, 4.69) is 10.3 Å². The Morgan fingerprint density at radius 3 is 2.44 bits per heavy atom. The van der Waals surface area contributed by atoms with Gasteiger partial charge in [0.15, 0.2) is 0 Å². The van der Waals surface area contributed by atoms with Gasteiger partial charge in [0.05, 0.1) is 0 Å². The van der Waals surface area contributed by atoms with Gasteiger partial charge < -0.3 is 5.32 Å². The molecule has 3 rings (SSSR count). The van der Waals surface area contributed by atoms with E-state index in [9.17, 15) is 4.79 Å².